The van der Waals surface area contributed by atoms with E-state index in [4.69, 9.17) is 15.0 Å². The molecule has 0 saturated carbocycles. The number of rotatable bonds is 5. The van der Waals surface area contributed by atoms with Gasteiger partial charge in [-0.05, 0) is 86.0 Å². The summed E-state index contributed by atoms with van der Waals surface area (Å²) in [4.78, 5) is 15.9. The van der Waals surface area contributed by atoms with E-state index in [0.29, 0.717) is 17.5 Å². The Morgan fingerprint density at radius 3 is 1.50 bits per heavy atom. The van der Waals surface area contributed by atoms with Crippen LogP contribution in [0.5, 0.6) is 0 Å². The zero-order valence-corrected chi connectivity index (χ0v) is 33.6. The lowest BCUT2D eigenvalue weighted by molar-refractivity contribution is 0.794. The first kappa shape index (κ1) is 34.6. The van der Waals surface area contributed by atoms with E-state index in [0.717, 1.165) is 33.5 Å². The number of fused-ring (bicyclic) bond motifs is 13. The van der Waals surface area contributed by atoms with Crippen LogP contribution in [-0.4, -0.2) is 19.5 Å². The quantitative estimate of drug-likeness (QED) is 0.174. The van der Waals surface area contributed by atoms with Crippen LogP contribution in [0.2, 0.25) is 0 Å². The van der Waals surface area contributed by atoms with Crippen molar-refractivity contribution < 1.29 is 0 Å². The van der Waals surface area contributed by atoms with Crippen LogP contribution < -0.4 is 0 Å². The Hall–Kier alpha value is -8.21. The van der Waals surface area contributed by atoms with Crippen LogP contribution >= 0.6 is 0 Å². The monoisotopic (exact) mass is 788 g/mol. The van der Waals surface area contributed by atoms with E-state index in [-0.39, 0.29) is 0 Å². The van der Waals surface area contributed by atoms with Crippen molar-refractivity contribution in [3.8, 4) is 73.2 Å². The van der Waals surface area contributed by atoms with E-state index in [2.05, 4.69) is 199 Å². The lowest BCUT2D eigenvalue weighted by Crippen LogP contribution is -2.26. The fraction of sp³-hybridized carbons (Fsp3) is 0.0172. The Labute approximate surface area is 359 Å². The first-order valence-corrected chi connectivity index (χ1v) is 21.2. The second-order valence-corrected chi connectivity index (χ2v) is 16.3. The molecule has 9 aromatic carbocycles. The molecule has 62 heavy (non-hydrogen) atoms. The summed E-state index contributed by atoms with van der Waals surface area (Å²) in [6.07, 6.45) is 0. The van der Waals surface area contributed by atoms with Gasteiger partial charge in [-0.15, -0.1) is 0 Å². The summed E-state index contributed by atoms with van der Waals surface area (Å²) in [6, 6.07) is 78.5. The molecule has 0 fully saturated rings. The highest BCUT2D eigenvalue weighted by molar-refractivity contribution is 6.13. The van der Waals surface area contributed by atoms with Gasteiger partial charge in [-0.2, -0.15) is 0 Å². The van der Waals surface area contributed by atoms with Crippen molar-refractivity contribution >= 4 is 21.8 Å². The molecule has 4 nitrogen and oxygen atoms in total. The fourth-order valence-electron chi connectivity index (χ4n) is 10.5. The van der Waals surface area contributed by atoms with Gasteiger partial charge in [-0.3, -0.25) is 0 Å². The Bertz CT molecular complexity index is 3510. The predicted octanol–water partition coefficient (Wildman–Crippen LogP) is 14.0. The van der Waals surface area contributed by atoms with Gasteiger partial charge in [-0.25, -0.2) is 15.0 Å². The maximum Gasteiger partial charge on any atom is 0.164 e. The minimum atomic E-state index is -0.578. The van der Waals surface area contributed by atoms with Crippen LogP contribution in [0, 0.1) is 0 Å². The van der Waals surface area contributed by atoms with Crippen molar-refractivity contribution in [2.75, 3.05) is 0 Å². The Kier molecular flexibility index (Phi) is 7.49. The molecule has 2 aromatic heterocycles. The number of nitrogens with zero attached hydrogens (tertiary/aromatic N) is 4. The lowest BCUT2D eigenvalue weighted by atomic mass is 9.70. The highest BCUT2D eigenvalue weighted by atomic mass is 15.0. The zero-order chi connectivity index (χ0) is 40.8. The van der Waals surface area contributed by atoms with Crippen LogP contribution in [0.3, 0.4) is 0 Å². The lowest BCUT2D eigenvalue weighted by Gasteiger charge is -2.30. The van der Waals surface area contributed by atoms with Gasteiger partial charge in [0.1, 0.15) is 0 Å². The zero-order valence-electron chi connectivity index (χ0n) is 33.6. The summed E-state index contributed by atoms with van der Waals surface area (Å²) in [5.74, 6) is 1.92. The maximum absolute atomic E-state index is 5.39. The molecule has 2 heterocycles. The molecule has 4 heteroatoms. The summed E-state index contributed by atoms with van der Waals surface area (Å²) < 4.78 is 2.43. The molecule has 0 N–H and O–H groups in total. The van der Waals surface area contributed by atoms with Crippen LogP contribution in [-0.2, 0) is 5.41 Å². The van der Waals surface area contributed by atoms with Gasteiger partial charge in [0.05, 0.1) is 16.4 Å². The molecule has 1 spiro atoms. The van der Waals surface area contributed by atoms with Crippen molar-refractivity contribution in [3.63, 3.8) is 0 Å². The minimum absolute atomic E-state index is 0.578. The Balaban J connectivity index is 1.12. The molecule has 0 saturated heterocycles. The van der Waals surface area contributed by atoms with Crippen LogP contribution in [0.1, 0.15) is 22.3 Å². The van der Waals surface area contributed by atoms with Gasteiger partial charge in [-0.1, -0.05) is 188 Å². The number of hydrogen-bond acceptors (Lipinski definition) is 3. The molecule has 0 bridgehead atoms. The molecule has 0 unspecified atom stereocenters. The molecular weight excluding hydrogens is 753 g/mol. The molecule has 2 aliphatic carbocycles. The topological polar surface area (TPSA) is 43.6 Å². The number of benzene rings is 9. The third kappa shape index (κ3) is 4.92. The van der Waals surface area contributed by atoms with Gasteiger partial charge in [0, 0.05) is 33.2 Å². The van der Waals surface area contributed by atoms with E-state index in [1.165, 1.54) is 66.3 Å². The Morgan fingerprint density at radius 2 is 0.806 bits per heavy atom. The van der Waals surface area contributed by atoms with E-state index in [1.807, 2.05) is 24.3 Å². The average Bonchev–Trinajstić information content (AvgIpc) is 3.95. The summed E-state index contributed by atoms with van der Waals surface area (Å²) in [7, 11) is 0. The molecule has 288 valence electrons. The fourth-order valence-corrected chi connectivity index (χ4v) is 10.5. The normalized spacial score (nSPS) is 13.0. The number of aromatic nitrogens is 4. The number of hydrogen-bond donors (Lipinski definition) is 0. The highest BCUT2D eigenvalue weighted by Gasteiger charge is 2.52. The Morgan fingerprint density at radius 1 is 0.306 bits per heavy atom. The van der Waals surface area contributed by atoms with Crippen molar-refractivity contribution in [1.29, 1.82) is 0 Å². The predicted molar refractivity (Wildman–Crippen MR) is 252 cm³/mol. The van der Waals surface area contributed by atoms with Gasteiger partial charge < -0.3 is 4.57 Å². The van der Waals surface area contributed by atoms with E-state index in [9.17, 15) is 0 Å². The smallest absolute Gasteiger partial charge is 0.164 e. The van der Waals surface area contributed by atoms with E-state index in [1.54, 1.807) is 0 Å². The minimum Gasteiger partial charge on any atom is -0.309 e. The largest absolute Gasteiger partial charge is 0.309 e. The first-order chi connectivity index (χ1) is 30.8. The molecule has 11 aromatic rings. The van der Waals surface area contributed by atoms with Crippen LogP contribution in [0.25, 0.3) is 95.0 Å². The van der Waals surface area contributed by atoms with E-state index >= 15 is 0 Å². The molecule has 0 aliphatic heterocycles. The molecular formula is C58H36N4. The first-order valence-electron chi connectivity index (χ1n) is 21.2. The van der Waals surface area contributed by atoms with Crippen molar-refractivity contribution in [2.24, 2.45) is 0 Å². The molecule has 0 radical (unpaired) electrons. The van der Waals surface area contributed by atoms with Gasteiger partial charge in [0.2, 0.25) is 0 Å². The second-order valence-electron chi connectivity index (χ2n) is 16.3. The van der Waals surface area contributed by atoms with Crippen LogP contribution in [0.4, 0.5) is 0 Å². The maximum atomic E-state index is 5.39. The van der Waals surface area contributed by atoms with Crippen LogP contribution in [0.15, 0.2) is 218 Å². The summed E-state index contributed by atoms with van der Waals surface area (Å²) in [5, 5.41) is 2.43. The molecule has 2 aliphatic rings. The molecule has 13 rings (SSSR count). The number of para-hydroxylation sites is 2. The summed E-state index contributed by atoms with van der Waals surface area (Å²) in [6.45, 7) is 0. The van der Waals surface area contributed by atoms with Gasteiger partial charge in [0.25, 0.3) is 0 Å². The van der Waals surface area contributed by atoms with E-state index < -0.39 is 5.41 Å². The molecule has 0 amide bonds. The standard InChI is InChI=1S/C58H36N4/c1-4-17-37(18-5-1)38-31-33-40(34-32-38)56-59-55(39-19-6-2-7-20-39)60-57(61-56)45-26-16-29-50-54(45)47-35-46-44-25-12-15-30-52(44)62(41-21-8-3-9-22-41)53(46)36-51(47)58(50)48-27-13-10-23-42(48)43-24-11-14-28-49(43)58/h1-36H. The van der Waals surface area contributed by atoms with Crippen molar-refractivity contribution in [2.45, 2.75) is 5.41 Å². The second kappa shape index (κ2) is 13.4. The van der Waals surface area contributed by atoms with Crippen molar-refractivity contribution in [1.82, 2.24) is 19.5 Å². The van der Waals surface area contributed by atoms with Gasteiger partial charge in [0.15, 0.2) is 17.5 Å². The van der Waals surface area contributed by atoms with Crippen molar-refractivity contribution in [3.05, 3.63) is 241 Å². The third-order valence-corrected chi connectivity index (χ3v) is 13.1. The highest BCUT2D eigenvalue weighted by Crippen LogP contribution is 2.64. The van der Waals surface area contributed by atoms with Gasteiger partial charge >= 0.3 is 0 Å². The molecule has 0 atom stereocenters. The third-order valence-electron chi connectivity index (χ3n) is 13.1. The SMILES string of the molecule is c1ccc(-c2ccc(-c3nc(-c4ccccc4)nc(-c4cccc5c4-c4cc6c7ccccc7n(-c7ccccc7)c6cc4C54c5ccccc5-c5ccccc54)n3)cc2)cc1. The summed E-state index contributed by atoms with van der Waals surface area (Å²) in [5.41, 5.74) is 18.1. The summed E-state index contributed by atoms with van der Waals surface area (Å²) >= 11 is 0. The average molecular weight is 789 g/mol.